The maximum absolute atomic E-state index is 12.9. The molecule has 4 nitrogen and oxygen atoms in total. The first kappa shape index (κ1) is 18.2. The first-order chi connectivity index (χ1) is 12.5. The average molecular weight is 350 g/mol. The van der Waals surface area contributed by atoms with Gasteiger partial charge in [0.25, 0.3) is 0 Å². The minimum Gasteiger partial charge on any atom is -0.325 e. The van der Waals surface area contributed by atoms with Crippen LogP contribution in [0.1, 0.15) is 43.4 Å². The summed E-state index contributed by atoms with van der Waals surface area (Å²) in [5.74, 6) is -0.413. The highest BCUT2D eigenvalue weighted by Gasteiger charge is 2.56. The van der Waals surface area contributed by atoms with E-state index in [0.29, 0.717) is 12.8 Å². The molecule has 2 aromatic rings. The van der Waals surface area contributed by atoms with Crippen molar-refractivity contribution in [3.63, 3.8) is 0 Å². The second kappa shape index (κ2) is 7.32. The fourth-order valence-electron chi connectivity index (χ4n) is 3.21. The molecule has 0 saturated heterocycles. The number of aryl methyl sites for hydroxylation is 3. The Morgan fingerprint density at radius 1 is 0.885 bits per heavy atom. The third kappa shape index (κ3) is 3.50. The monoisotopic (exact) mass is 350 g/mol. The first-order valence-corrected chi connectivity index (χ1v) is 9.30. The molecular formula is C22H26N2O2. The van der Waals surface area contributed by atoms with E-state index >= 15 is 0 Å². The molecule has 26 heavy (non-hydrogen) atoms. The molecule has 0 heterocycles. The molecule has 0 spiro atoms. The summed E-state index contributed by atoms with van der Waals surface area (Å²) < 4.78 is 0. The number of hydrogen-bond donors (Lipinski definition) is 2. The third-order valence-corrected chi connectivity index (χ3v) is 5.17. The molecule has 2 amide bonds. The second-order valence-corrected chi connectivity index (χ2v) is 7.01. The van der Waals surface area contributed by atoms with E-state index in [4.69, 9.17) is 0 Å². The maximum Gasteiger partial charge on any atom is 0.240 e. The molecule has 3 rings (SSSR count). The maximum atomic E-state index is 12.9. The molecule has 1 aliphatic rings. The van der Waals surface area contributed by atoms with E-state index in [0.717, 1.165) is 40.9 Å². The number of nitrogens with one attached hydrogen (secondary N) is 2. The summed E-state index contributed by atoms with van der Waals surface area (Å²) in [7, 11) is 0. The van der Waals surface area contributed by atoms with Gasteiger partial charge in [0.05, 0.1) is 0 Å². The molecule has 2 aromatic carbocycles. The van der Waals surface area contributed by atoms with Crippen LogP contribution in [0, 0.1) is 12.3 Å². The van der Waals surface area contributed by atoms with Gasteiger partial charge in [0.15, 0.2) is 0 Å². The number of para-hydroxylation sites is 1. The third-order valence-electron chi connectivity index (χ3n) is 5.17. The van der Waals surface area contributed by atoms with Crippen molar-refractivity contribution < 1.29 is 9.59 Å². The Balaban J connectivity index is 1.77. The van der Waals surface area contributed by atoms with Crippen molar-refractivity contribution in [2.24, 2.45) is 5.41 Å². The Kier molecular flexibility index (Phi) is 5.12. The van der Waals surface area contributed by atoms with Gasteiger partial charge < -0.3 is 10.6 Å². The Labute approximate surface area is 155 Å². The van der Waals surface area contributed by atoms with Gasteiger partial charge in [-0.3, -0.25) is 9.59 Å². The molecule has 2 N–H and O–H groups in total. The molecular weight excluding hydrogens is 324 g/mol. The topological polar surface area (TPSA) is 58.2 Å². The molecule has 136 valence electrons. The lowest BCUT2D eigenvalue weighted by Gasteiger charge is -2.19. The fourth-order valence-corrected chi connectivity index (χ4v) is 3.21. The Morgan fingerprint density at radius 3 is 1.92 bits per heavy atom. The van der Waals surface area contributed by atoms with Gasteiger partial charge in [0.1, 0.15) is 5.41 Å². The number of rotatable bonds is 6. The molecule has 0 aromatic heterocycles. The number of carbonyl (C=O) groups is 2. The van der Waals surface area contributed by atoms with Gasteiger partial charge in [-0.1, -0.05) is 49.7 Å². The van der Waals surface area contributed by atoms with E-state index in [1.165, 1.54) is 0 Å². The van der Waals surface area contributed by atoms with Gasteiger partial charge in [-0.15, -0.1) is 0 Å². The number of amides is 2. The van der Waals surface area contributed by atoms with E-state index < -0.39 is 5.41 Å². The lowest BCUT2D eigenvalue weighted by molar-refractivity contribution is -0.131. The van der Waals surface area contributed by atoms with Crippen molar-refractivity contribution in [2.45, 2.75) is 46.5 Å². The predicted octanol–water partition coefficient (Wildman–Crippen LogP) is 4.48. The normalized spacial score (nSPS) is 14.6. The standard InChI is InChI=1S/C22H26N2O2/c1-4-16-7-6-8-17(5-2)19(16)24-21(26)22(13-14-22)20(25)23-18-11-9-15(3)10-12-18/h6-12H,4-5,13-14H2,1-3H3,(H,23,25)(H,24,26). The fraction of sp³-hybridized carbons (Fsp3) is 0.364. The van der Waals surface area contributed by atoms with E-state index in [1.807, 2.05) is 49.4 Å². The van der Waals surface area contributed by atoms with Crippen LogP contribution in [0.15, 0.2) is 42.5 Å². The zero-order valence-electron chi connectivity index (χ0n) is 15.7. The summed E-state index contributed by atoms with van der Waals surface area (Å²) in [6.07, 6.45) is 2.86. The minimum absolute atomic E-state index is 0.197. The van der Waals surface area contributed by atoms with Crippen molar-refractivity contribution in [1.29, 1.82) is 0 Å². The van der Waals surface area contributed by atoms with Crippen LogP contribution in [0.3, 0.4) is 0 Å². The van der Waals surface area contributed by atoms with E-state index in [9.17, 15) is 9.59 Å². The van der Waals surface area contributed by atoms with Gasteiger partial charge in [-0.2, -0.15) is 0 Å². The number of hydrogen-bond acceptors (Lipinski definition) is 2. The van der Waals surface area contributed by atoms with Crippen molar-refractivity contribution in [2.75, 3.05) is 10.6 Å². The van der Waals surface area contributed by atoms with Gasteiger partial charge in [0, 0.05) is 11.4 Å². The molecule has 0 atom stereocenters. The number of benzene rings is 2. The Hall–Kier alpha value is -2.62. The van der Waals surface area contributed by atoms with E-state index in [-0.39, 0.29) is 11.8 Å². The lowest BCUT2D eigenvalue weighted by Crippen LogP contribution is -2.36. The molecule has 1 aliphatic carbocycles. The highest BCUT2D eigenvalue weighted by Crippen LogP contribution is 2.47. The van der Waals surface area contributed by atoms with Crippen LogP contribution in [0.2, 0.25) is 0 Å². The van der Waals surface area contributed by atoms with Crippen molar-refractivity contribution in [3.8, 4) is 0 Å². The largest absolute Gasteiger partial charge is 0.325 e. The summed E-state index contributed by atoms with van der Waals surface area (Å²) in [5, 5.41) is 5.96. The second-order valence-electron chi connectivity index (χ2n) is 7.01. The molecule has 1 saturated carbocycles. The quantitative estimate of drug-likeness (QED) is 0.755. The lowest BCUT2D eigenvalue weighted by atomic mass is 10.0. The summed E-state index contributed by atoms with van der Waals surface area (Å²) >= 11 is 0. The number of anilines is 2. The van der Waals surface area contributed by atoms with Crippen LogP contribution in [-0.4, -0.2) is 11.8 Å². The van der Waals surface area contributed by atoms with Gasteiger partial charge in [-0.25, -0.2) is 0 Å². The van der Waals surface area contributed by atoms with Crippen LogP contribution in [-0.2, 0) is 22.4 Å². The van der Waals surface area contributed by atoms with E-state index in [2.05, 4.69) is 24.5 Å². The van der Waals surface area contributed by atoms with Crippen molar-refractivity contribution >= 4 is 23.2 Å². The summed E-state index contributed by atoms with van der Waals surface area (Å²) in [4.78, 5) is 25.7. The van der Waals surface area contributed by atoms with Crippen LogP contribution in [0.25, 0.3) is 0 Å². The molecule has 0 bridgehead atoms. The molecule has 4 heteroatoms. The molecule has 1 fully saturated rings. The predicted molar refractivity (Wildman–Crippen MR) is 105 cm³/mol. The summed E-state index contributed by atoms with van der Waals surface area (Å²) in [6.45, 7) is 6.14. The van der Waals surface area contributed by atoms with Crippen LogP contribution < -0.4 is 10.6 Å². The minimum atomic E-state index is -0.948. The van der Waals surface area contributed by atoms with Gasteiger partial charge >= 0.3 is 0 Å². The average Bonchev–Trinajstić information content (AvgIpc) is 3.46. The van der Waals surface area contributed by atoms with E-state index in [1.54, 1.807) is 0 Å². The van der Waals surface area contributed by atoms with Gasteiger partial charge in [0.2, 0.25) is 11.8 Å². The Bertz CT molecular complexity index is 798. The molecule has 0 unspecified atom stereocenters. The van der Waals surface area contributed by atoms with Gasteiger partial charge in [-0.05, 0) is 55.9 Å². The number of carbonyl (C=O) groups excluding carboxylic acids is 2. The Morgan fingerprint density at radius 2 is 1.42 bits per heavy atom. The van der Waals surface area contributed by atoms with Crippen LogP contribution in [0.4, 0.5) is 11.4 Å². The zero-order valence-corrected chi connectivity index (χ0v) is 15.7. The van der Waals surface area contributed by atoms with Crippen LogP contribution >= 0.6 is 0 Å². The molecule has 0 radical (unpaired) electrons. The highest BCUT2D eigenvalue weighted by molar-refractivity contribution is 6.17. The first-order valence-electron chi connectivity index (χ1n) is 9.30. The zero-order chi connectivity index (χ0) is 18.7. The van der Waals surface area contributed by atoms with Crippen molar-refractivity contribution in [1.82, 2.24) is 0 Å². The summed E-state index contributed by atoms with van der Waals surface area (Å²) in [5.41, 5.74) is 3.99. The smallest absolute Gasteiger partial charge is 0.240 e. The van der Waals surface area contributed by atoms with Crippen LogP contribution in [0.5, 0.6) is 0 Å². The molecule has 0 aliphatic heterocycles. The summed E-state index contributed by atoms with van der Waals surface area (Å²) in [6, 6.07) is 13.7. The van der Waals surface area contributed by atoms with Crippen molar-refractivity contribution in [3.05, 3.63) is 59.2 Å². The SMILES string of the molecule is CCc1cccc(CC)c1NC(=O)C1(C(=O)Nc2ccc(C)cc2)CC1. The highest BCUT2D eigenvalue weighted by atomic mass is 16.2.